The molecule has 174 valence electrons. The third-order valence-corrected chi connectivity index (χ3v) is 6.29. The van der Waals surface area contributed by atoms with E-state index in [-0.39, 0.29) is 11.8 Å². The first kappa shape index (κ1) is 22.1. The molecular weight excluding hydrogens is 428 g/mol. The Bertz CT molecular complexity index is 1210. The van der Waals surface area contributed by atoms with Gasteiger partial charge in [0.1, 0.15) is 0 Å². The average molecular weight is 457 g/mol. The molecule has 0 saturated carbocycles. The summed E-state index contributed by atoms with van der Waals surface area (Å²) in [6.07, 6.45) is 5.42. The van der Waals surface area contributed by atoms with Gasteiger partial charge in [-0.3, -0.25) is 4.79 Å². The molecule has 0 atom stereocenters. The minimum absolute atomic E-state index is 0.0880. The number of allylic oxidation sites excluding steroid dienone is 1. The van der Waals surface area contributed by atoms with E-state index in [1.807, 2.05) is 29.2 Å². The van der Waals surface area contributed by atoms with Crippen molar-refractivity contribution in [2.45, 2.75) is 12.8 Å². The molecule has 3 aromatic rings. The van der Waals surface area contributed by atoms with Crippen LogP contribution >= 0.6 is 0 Å². The maximum absolute atomic E-state index is 12.8. The third kappa shape index (κ3) is 4.94. The second kappa shape index (κ2) is 10.1. The summed E-state index contributed by atoms with van der Waals surface area (Å²) >= 11 is 0. The maximum Gasteiger partial charge on any atom is 0.321 e. The minimum Gasteiger partial charge on any atom is -0.378 e. The number of urea groups is 1. The average Bonchev–Trinajstić information content (AvgIpc) is 3.43. The summed E-state index contributed by atoms with van der Waals surface area (Å²) in [5.41, 5.74) is 3.99. The van der Waals surface area contributed by atoms with Gasteiger partial charge >= 0.3 is 6.03 Å². The first-order valence-corrected chi connectivity index (χ1v) is 11.8. The maximum atomic E-state index is 12.8. The van der Waals surface area contributed by atoms with Gasteiger partial charge in [0, 0.05) is 48.5 Å². The van der Waals surface area contributed by atoms with Crippen LogP contribution in [0.15, 0.2) is 60.7 Å². The lowest BCUT2D eigenvalue weighted by atomic mass is 10.1. The second-order valence-corrected chi connectivity index (χ2v) is 8.58. The van der Waals surface area contributed by atoms with E-state index in [2.05, 4.69) is 16.3 Å². The van der Waals surface area contributed by atoms with Crippen LogP contribution in [0.1, 0.15) is 28.9 Å². The number of hydrogen-bond donors (Lipinski definition) is 1. The number of pyridine rings is 1. The molecule has 2 amide bonds. The van der Waals surface area contributed by atoms with Crippen molar-refractivity contribution < 1.29 is 14.3 Å². The Morgan fingerprint density at radius 2 is 1.68 bits per heavy atom. The quantitative estimate of drug-likeness (QED) is 0.449. The first-order chi connectivity index (χ1) is 16.7. The summed E-state index contributed by atoms with van der Waals surface area (Å²) in [5.74, 6) is -0.111. The lowest BCUT2D eigenvalue weighted by molar-refractivity contribution is 0.104. The smallest absolute Gasteiger partial charge is 0.321 e. The summed E-state index contributed by atoms with van der Waals surface area (Å²) in [7, 11) is 0. The summed E-state index contributed by atoms with van der Waals surface area (Å²) in [5, 5.41) is 3.99. The Morgan fingerprint density at radius 3 is 2.44 bits per heavy atom. The molecule has 7 nitrogen and oxygen atoms in total. The molecule has 1 aromatic heterocycles. The van der Waals surface area contributed by atoms with E-state index < -0.39 is 0 Å². The highest BCUT2D eigenvalue weighted by Gasteiger charge is 2.18. The van der Waals surface area contributed by atoms with Gasteiger partial charge in [-0.2, -0.15) is 0 Å². The number of aromatic nitrogens is 1. The molecule has 2 fully saturated rings. The molecule has 2 aliphatic heterocycles. The number of likely N-dealkylation sites (tertiary alicyclic amines) is 1. The number of anilines is 2. The predicted octanol–water partition coefficient (Wildman–Crippen LogP) is 4.60. The zero-order chi connectivity index (χ0) is 23.3. The number of nitrogens with zero attached hydrogens (tertiary/aromatic N) is 3. The number of amides is 2. The molecule has 0 spiro atoms. The number of carbonyl (C=O) groups excluding carboxylic acids is 2. The van der Waals surface area contributed by atoms with E-state index in [1.54, 1.807) is 36.4 Å². The van der Waals surface area contributed by atoms with E-state index in [4.69, 9.17) is 9.72 Å². The molecule has 2 aliphatic rings. The van der Waals surface area contributed by atoms with E-state index in [0.29, 0.717) is 24.5 Å². The number of benzene rings is 2. The molecule has 2 aromatic carbocycles. The number of ether oxygens (including phenoxy) is 1. The zero-order valence-electron chi connectivity index (χ0n) is 19.1. The Kier molecular flexibility index (Phi) is 6.53. The van der Waals surface area contributed by atoms with Gasteiger partial charge in [0.25, 0.3) is 0 Å². The second-order valence-electron chi connectivity index (χ2n) is 8.58. The van der Waals surface area contributed by atoms with Crippen LogP contribution in [0.2, 0.25) is 0 Å². The predicted molar refractivity (Wildman–Crippen MR) is 134 cm³/mol. The van der Waals surface area contributed by atoms with E-state index >= 15 is 0 Å². The van der Waals surface area contributed by atoms with Gasteiger partial charge in [-0.05, 0) is 61.4 Å². The van der Waals surface area contributed by atoms with Crippen molar-refractivity contribution in [3.8, 4) is 0 Å². The highest BCUT2D eigenvalue weighted by molar-refractivity contribution is 6.07. The van der Waals surface area contributed by atoms with Crippen LogP contribution in [0.4, 0.5) is 16.2 Å². The van der Waals surface area contributed by atoms with Gasteiger partial charge in [0.15, 0.2) is 5.78 Å². The van der Waals surface area contributed by atoms with Gasteiger partial charge in [0.05, 0.1) is 24.4 Å². The fourth-order valence-electron chi connectivity index (χ4n) is 4.43. The van der Waals surface area contributed by atoms with Gasteiger partial charge in [-0.25, -0.2) is 9.78 Å². The summed E-state index contributed by atoms with van der Waals surface area (Å²) in [4.78, 5) is 33.9. The van der Waals surface area contributed by atoms with Gasteiger partial charge in [-0.15, -0.1) is 0 Å². The SMILES string of the molecule is O=C(/C=C/c1cc(N2CCOCC2)c2ccccc2n1)c1ccc(NC(=O)N2CCCC2)cc1. The minimum atomic E-state index is -0.111. The molecule has 3 heterocycles. The number of nitrogens with one attached hydrogen (secondary N) is 1. The van der Waals surface area contributed by atoms with Crippen molar-refractivity contribution in [3.05, 3.63) is 71.9 Å². The normalized spacial score (nSPS) is 16.4. The third-order valence-electron chi connectivity index (χ3n) is 6.29. The Labute approximate surface area is 199 Å². The van der Waals surface area contributed by atoms with Crippen molar-refractivity contribution in [2.75, 3.05) is 49.6 Å². The molecule has 0 unspecified atom stereocenters. The van der Waals surface area contributed by atoms with E-state index in [1.165, 1.54) is 0 Å². The standard InChI is InChI=1S/C27H28N4O3/c32-26(20-7-9-21(10-8-20)29-27(33)31-13-3-4-14-31)12-11-22-19-25(30-15-17-34-18-16-30)23-5-1-2-6-24(23)28-22/h1-2,5-12,19H,3-4,13-18H2,(H,29,33)/b12-11+. The van der Waals surface area contributed by atoms with Crippen LogP contribution in [0.5, 0.6) is 0 Å². The van der Waals surface area contributed by atoms with Crippen LogP contribution in [-0.2, 0) is 4.74 Å². The fourth-order valence-corrected chi connectivity index (χ4v) is 4.43. The van der Waals surface area contributed by atoms with Gasteiger partial charge in [-0.1, -0.05) is 18.2 Å². The van der Waals surface area contributed by atoms with Crippen molar-refractivity contribution in [3.63, 3.8) is 0 Å². The van der Waals surface area contributed by atoms with Crippen LogP contribution in [-0.4, -0.2) is 61.1 Å². The highest BCUT2D eigenvalue weighted by atomic mass is 16.5. The lowest BCUT2D eigenvalue weighted by Gasteiger charge is -2.30. The number of hydrogen-bond acceptors (Lipinski definition) is 5. The Hall–Kier alpha value is -3.71. The van der Waals surface area contributed by atoms with E-state index in [9.17, 15) is 9.59 Å². The van der Waals surface area contributed by atoms with Gasteiger partial charge < -0.3 is 19.9 Å². The molecule has 0 aliphatic carbocycles. The molecule has 0 radical (unpaired) electrons. The van der Waals surface area contributed by atoms with Crippen molar-refractivity contribution in [1.29, 1.82) is 0 Å². The molecular formula is C27H28N4O3. The number of carbonyl (C=O) groups is 2. The fraction of sp³-hybridized carbons (Fsp3) is 0.296. The number of ketones is 1. The number of fused-ring (bicyclic) bond motifs is 1. The number of morpholine rings is 1. The van der Waals surface area contributed by atoms with Crippen molar-refractivity contribution >= 4 is 40.2 Å². The number of para-hydroxylation sites is 1. The number of rotatable bonds is 5. The van der Waals surface area contributed by atoms with Crippen LogP contribution in [0.25, 0.3) is 17.0 Å². The largest absolute Gasteiger partial charge is 0.378 e. The van der Waals surface area contributed by atoms with E-state index in [0.717, 1.165) is 61.3 Å². The van der Waals surface area contributed by atoms with Crippen molar-refractivity contribution in [2.24, 2.45) is 0 Å². The highest BCUT2D eigenvalue weighted by Crippen LogP contribution is 2.28. The van der Waals surface area contributed by atoms with Crippen LogP contribution < -0.4 is 10.2 Å². The lowest BCUT2D eigenvalue weighted by Crippen LogP contribution is -2.36. The van der Waals surface area contributed by atoms with Crippen LogP contribution in [0.3, 0.4) is 0 Å². The Balaban J connectivity index is 1.31. The zero-order valence-corrected chi connectivity index (χ0v) is 19.1. The Morgan fingerprint density at radius 1 is 0.941 bits per heavy atom. The molecule has 1 N–H and O–H groups in total. The summed E-state index contributed by atoms with van der Waals surface area (Å²) < 4.78 is 5.51. The summed E-state index contributed by atoms with van der Waals surface area (Å²) in [6.45, 7) is 4.66. The monoisotopic (exact) mass is 456 g/mol. The molecule has 34 heavy (non-hydrogen) atoms. The van der Waals surface area contributed by atoms with Gasteiger partial charge in [0.2, 0.25) is 0 Å². The molecule has 2 saturated heterocycles. The molecule has 5 rings (SSSR count). The van der Waals surface area contributed by atoms with Crippen molar-refractivity contribution in [1.82, 2.24) is 9.88 Å². The van der Waals surface area contributed by atoms with Crippen LogP contribution in [0, 0.1) is 0 Å². The first-order valence-electron chi connectivity index (χ1n) is 11.8. The summed E-state index contributed by atoms with van der Waals surface area (Å²) in [6, 6.07) is 17.0. The molecule has 0 bridgehead atoms. The molecule has 7 heteroatoms. The topological polar surface area (TPSA) is 74.8 Å².